The number of para-hydroxylation sites is 1. The predicted molar refractivity (Wildman–Crippen MR) is 130 cm³/mol. The molecular formula is C24H31N5O3S. The van der Waals surface area contributed by atoms with Crippen molar-refractivity contribution in [1.82, 2.24) is 20.6 Å². The van der Waals surface area contributed by atoms with Crippen LogP contribution in [0.1, 0.15) is 32.1 Å². The van der Waals surface area contributed by atoms with Gasteiger partial charge in [0.05, 0.1) is 38.1 Å². The fourth-order valence-corrected chi connectivity index (χ4v) is 5.31. The first-order valence-corrected chi connectivity index (χ1v) is 12.2. The Kier molecular flexibility index (Phi) is 6.89. The number of ether oxygens (including phenoxy) is 3. The molecule has 0 spiro atoms. The molecule has 9 heteroatoms. The molecule has 2 aromatic rings. The Morgan fingerprint density at radius 3 is 2.58 bits per heavy atom. The van der Waals surface area contributed by atoms with Crippen LogP contribution in [-0.2, 0) is 9.47 Å². The van der Waals surface area contributed by atoms with Crippen LogP contribution in [0.5, 0.6) is 5.75 Å². The summed E-state index contributed by atoms with van der Waals surface area (Å²) in [6.45, 7) is 1.08. The number of aromatic nitrogens is 2. The zero-order valence-corrected chi connectivity index (χ0v) is 19.6. The van der Waals surface area contributed by atoms with Gasteiger partial charge in [-0.2, -0.15) is 0 Å². The molecule has 4 unspecified atom stereocenters. The summed E-state index contributed by atoms with van der Waals surface area (Å²) >= 11 is 5.57. The Bertz CT molecular complexity index is 971. The van der Waals surface area contributed by atoms with Gasteiger partial charge in [0.1, 0.15) is 18.0 Å². The molecule has 1 aliphatic carbocycles. The van der Waals surface area contributed by atoms with Crippen LogP contribution in [0.2, 0.25) is 0 Å². The maximum absolute atomic E-state index is 6.10. The average molecular weight is 470 g/mol. The molecule has 1 saturated carbocycles. The lowest BCUT2D eigenvalue weighted by atomic mass is 9.96. The number of methoxy groups -OCH3 is 1. The van der Waals surface area contributed by atoms with Gasteiger partial charge in [-0.3, -0.25) is 0 Å². The molecule has 8 nitrogen and oxygen atoms in total. The van der Waals surface area contributed by atoms with Crippen molar-refractivity contribution in [3.05, 3.63) is 36.5 Å². The van der Waals surface area contributed by atoms with Crippen LogP contribution < -0.4 is 20.7 Å². The van der Waals surface area contributed by atoms with Crippen LogP contribution in [0.3, 0.4) is 0 Å². The molecule has 33 heavy (non-hydrogen) atoms. The number of nitrogens with one attached hydrogen (secondary N) is 3. The fraction of sp³-hybridized carbons (Fsp3) is 0.542. The van der Waals surface area contributed by atoms with Gasteiger partial charge in [0.25, 0.3) is 0 Å². The zero-order chi connectivity index (χ0) is 22.6. The van der Waals surface area contributed by atoms with E-state index < -0.39 is 0 Å². The van der Waals surface area contributed by atoms with Gasteiger partial charge in [0, 0.05) is 17.8 Å². The molecule has 5 rings (SSSR count). The topological polar surface area (TPSA) is 89.6 Å². The Hall–Kier alpha value is -2.49. The van der Waals surface area contributed by atoms with Crippen molar-refractivity contribution < 1.29 is 14.2 Å². The molecule has 3 heterocycles. The maximum Gasteiger partial charge on any atom is 0.223 e. The van der Waals surface area contributed by atoms with Gasteiger partial charge in [-0.25, -0.2) is 9.97 Å². The van der Waals surface area contributed by atoms with Gasteiger partial charge in [-0.1, -0.05) is 31.4 Å². The number of rotatable bonds is 6. The van der Waals surface area contributed by atoms with Gasteiger partial charge in [-0.15, -0.1) is 0 Å². The number of benzene rings is 1. The summed E-state index contributed by atoms with van der Waals surface area (Å²) in [7, 11) is 1.66. The number of anilines is 1. The Balaban J connectivity index is 1.19. The first kappa shape index (κ1) is 22.3. The monoisotopic (exact) mass is 469 g/mol. The van der Waals surface area contributed by atoms with E-state index in [1.54, 1.807) is 13.3 Å². The molecular weight excluding hydrogens is 438 g/mol. The van der Waals surface area contributed by atoms with E-state index >= 15 is 0 Å². The highest BCUT2D eigenvalue weighted by atomic mass is 32.1. The molecule has 4 atom stereocenters. The number of hydrogen-bond acceptors (Lipinski definition) is 7. The van der Waals surface area contributed by atoms with Crippen molar-refractivity contribution in [2.75, 3.05) is 25.6 Å². The van der Waals surface area contributed by atoms with Gasteiger partial charge in [0.15, 0.2) is 5.11 Å². The van der Waals surface area contributed by atoms with Crippen molar-refractivity contribution in [2.24, 2.45) is 0 Å². The quantitative estimate of drug-likeness (QED) is 0.553. The first-order valence-electron chi connectivity index (χ1n) is 11.7. The Labute approximate surface area is 199 Å². The third kappa shape index (κ3) is 5.05. The van der Waals surface area contributed by atoms with Crippen molar-refractivity contribution in [1.29, 1.82) is 0 Å². The summed E-state index contributed by atoms with van der Waals surface area (Å²) in [5, 5.41) is 11.0. The molecule has 3 N–H and O–H groups in total. The lowest BCUT2D eigenvalue weighted by molar-refractivity contribution is 0.0688. The normalized spacial score (nSPS) is 27.1. The average Bonchev–Trinajstić information content (AvgIpc) is 3.43. The molecule has 0 amide bonds. The minimum atomic E-state index is -0.0847. The highest BCUT2D eigenvalue weighted by molar-refractivity contribution is 7.80. The van der Waals surface area contributed by atoms with E-state index in [0.29, 0.717) is 30.3 Å². The second-order valence-electron chi connectivity index (χ2n) is 8.87. The smallest absolute Gasteiger partial charge is 0.223 e. The Morgan fingerprint density at radius 2 is 1.76 bits per heavy atom. The van der Waals surface area contributed by atoms with Crippen LogP contribution in [0.4, 0.5) is 5.95 Å². The van der Waals surface area contributed by atoms with Crippen LogP contribution in [0, 0.1) is 0 Å². The van der Waals surface area contributed by atoms with Crippen LogP contribution >= 0.6 is 12.2 Å². The molecule has 2 aliphatic heterocycles. The lowest BCUT2D eigenvalue weighted by Crippen LogP contribution is -2.51. The number of hydrogen-bond donors (Lipinski definition) is 3. The van der Waals surface area contributed by atoms with Crippen molar-refractivity contribution in [2.45, 2.75) is 62.4 Å². The highest BCUT2D eigenvalue weighted by Crippen LogP contribution is 2.31. The van der Waals surface area contributed by atoms with Gasteiger partial charge < -0.3 is 30.2 Å². The summed E-state index contributed by atoms with van der Waals surface area (Å²) in [4.78, 5) is 9.11. The van der Waals surface area contributed by atoms with E-state index in [1.807, 2.05) is 30.3 Å². The largest absolute Gasteiger partial charge is 0.496 e. The SMILES string of the molecule is COc1ccccc1-c1ccnc(NC2COC3C(NC(=S)NC4CCCCC4)COC23)n1. The second kappa shape index (κ2) is 10.2. The van der Waals surface area contributed by atoms with Crippen molar-refractivity contribution in [3.63, 3.8) is 0 Å². The molecule has 2 saturated heterocycles. The number of fused-ring (bicyclic) bond motifs is 1. The third-order valence-corrected chi connectivity index (χ3v) is 6.90. The second-order valence-corrected chi connectivity index (χ2v) is 9.28. The first-order chi connectivity index (χ1) is 16.2. The van der Waals surface area contributed by atoms with Crippen LogP contribution in [0.15, 0.2) is 36.5 Å². The van der Waals surface area contributed by atoms with Crippen LogP contribution in [0.25, 0.3) is 11.3 Å². The maximum atomic E-state index is 6.10. The zero-order valence-electron chi connectivity index (χ0n) is 18.8. The summed E-state index contributed by atoms with van der Waals surface area (Å²) < 4.78 is 17.7. The van der Waals surface area contributed by atoms with Crippen molar-refractivity contribution in [3.8, 4) is 17.0 Å². The minimum Gasteiger partial charge on any atom is -0.496 e. The Morgan fingerprint density at radius 1 is 1.00 bits per heavy atom. The van der Waals surface area contributed by atoms with E-state index in [2.05, 4.69) is 20.9 Å². The van der Waals surface area contributed by atoms with Gasteiger partial charge in [-0.05, 0) is 43.3 Å². The lowest BCUT2D eigenvalue weighted by Gasteiger charge is -2.26. The minimum absolute atomic E-state index is 0.0328. The number of thiocarbonyl (C=S) groups is 1. The third-order valence-electron chi connectivity index (χ3n) is 6.66. The van der Waals surface area contributed by atoms with Gasteiger partial charge in [0.2, 0.25) is 5.95 Å². The molecule has 3 fully saturated rings. The summed E-state index contributed by atoms with van der Waals surface area (Å²) in [6.07, 6.45) is 7.84. The molecule has 1 aromatic heterocycles. The van der Waals surface area contributed by atoms with E-state index in [-0.39, 0.29) is 24.3 Å². The summed E-state index contributed by atoms with van der Waals surface area (Å²) in [5.41, 5.74) is 1.72. The van der Waals surface area contributed by atoms with Crippen molar-refractivity contribution >= 4 is 23.3 Å². The number of nitrogens with zero attached hydrogens (tertiary/aromatic N) is 2. The van der Waals surface area contributed by atoms with Crippen LogP contribution in [-0.4, -0.2) is 65.7 Å². The molecule has 0 radical (unpaired) electrons. The van der Waals surface area contributed by atoms with E-state index in [1.165, 1.54) is 32.1 Å². The summed E-state index contributed by atoms with van der Waals surface area (Å²) in [5.74, 6) is 1.32. The molecule has 176 valence electrons. The molecule has 1 aromatic carbocycles. The fourth-order valence-electron chi connectivity index (χ4n) is 4.99. The summed E-state index contributed by atoms with van der Waals surface area (Å²) in [6, 6.07) is 10.2. The molecule has 3 aliphatic rings. The van der Waals surface area contributed by atoms with E-state index in [4.69, 9.17) is 31.4 Å². The van der Waals surface area contributed by atoms with E-state index in [9.17, 15) is 0 Å². The van der Waals surface area contributed by atoms with E-state index in [0.717, 1.165) is 17.0 Å². The highest BCUT2D eigenvalue weighted by Gasteiger charge is 2.48. The van der Waals surface area contributed by atoms with Gasteiger partial charge >= 0.3 is 0 Å². The predicted octanol–water partition coefficient (Wildman–Crippen LogP) is 2.90. The standard InChI is InChI=1S/C24H31N5O3S/c1-30-20-10-6-5-9-16(20)17-11-12-25-23(27-17)28-18-13-31-22-19(14-32-21(18)22)29-24(33)26-15-7-3-2-4-8-15/h5-6,9-12,15,18-19,21-22H,2-4,7-8,13-14H2,1H3,(H,25,27,28)(H2,26,29,33). The molecule has 0 bridgehead atoms.